The van der Waals surface area contributed by atoms with Crippen LogP contribution in [0, 0.1) is 5.41 Å². The topological polar surface area (TPSA) is 12.0 Å². The van der Waals surface area contributed by atoms with E-state index >= 15 is 0 Å². The van der Waals surface area contributed by atoms with Crippen LogP contribution in [0.5, 0.6) is 0 Å². The second-order valence-corrected chi connectivity index (χ2v) is 3.39. The van der Waals surface area contributed by atoms with Gasteiger partial charge in [-0.25, -0.2) is 0 Å². The van der Waals surface area contributed by atoms with Crippen molar-refractivity contribution in [3.05, 3.63) is 0 Å². The fourth-order valence-electron chi connectivity index (χ4n) is 0.526. The van der Waals surface area contributed by atoms with Gasteiger partial charge in [0, 0.05) is 11.9 Å². The highest BCUT2D eigenvalue weighted by Gasteiger charge is 2.13. The molecule has 0 rings (SSSR count). The molecule has 0 aliphatic carbocycles. The second-order valence-electron chi connectivity index (χ2n) is 2.83. The van der Waals surface area contributed by atoms with Crippen LogP contribution in [-0.2, 0) is 0 Å². The zero-order chi connectivity index (χ0) is 6.62. The van der Waals surface area contributed by atoms with E-state index in [2.05, 4.69) is 35.1 Å². The van der Waals surface area contributed by atoms with E-state index < -0.39 is 0 Å². The molecule has 0 aromatic carbocycles. The Morgan fingerprint density at radius 2 is 1.89 bits per heavy atom. The van der Waals surface area contributed by atoms with E-state index in [1.165, 1.54) is 0 Å². The van der Waals surface area contributed by atoms with Gasteiger partial charge in [0.25, 0.3) is 0 Å². The Morgan fingerprint density at radius 1 is 1.44 bits per heavy atom. The summed E-state index contributed by atoms with van der Waals surface area (Å²) in [6, 6.07) is 0. The first kappa shape index (κ1) is 12.6. The minimum atomic E-state index is 0. The van der Waals surface area contributed by atoms with Crippen LogP contribution in [0.4, 0.5) is 0 Å². The highest BCUT2D eigenvalue weighted by atomic mass is 79.9. The van der Waals surface area contributed by atoms with Crippen LogP contribution in [0.3, 0.4) is 0 Å². The maximum atomic E-state index is 3.43. The first-order valence-electron chi connectivity index (χ1n) is 2.83. The van der Waals surface area contributed by atoms with Crippen molar-refractivity contribution in [2.24, 2.45) is 5.41 Å². The Labute approximate surface area is 76.5 Å². The Morgan fingerprint density at radius 3 is 2.00 bits per heavy atom. The van der Waals surface area contributed by atoms with Crippen molar-refractivity contribution in [1.82, 2.24) is 5.32 Å². The van der Waals surface area contributed by atoms with Gasteiger partial charge in [-0.2, -0.15) is 0 Å². The highest BCUT2D eigenvalue weighted by molar-refractivity contribution is 9.09. The zero-order valence-electron chi connectivity index (χ0n) is 6.20. The van der Waals surface area contributed by atoms with Crippen LogP contribution >= 0.6 is 32.9 Å². The van der Waals surface area contributed by atoms with E-state index in [0.717, 1.165) is 11.9 Å². The summed E-state index contributed by atoms with van der Waals surface area (Å²) in [6.07, 6.45) is 0. The van der Waals surface area contributed by atoms with Crippen LogP contribution in [0.15, 0.2) is 0 Å². The Balaban J connectivity index is 0. The maximum absolute atomic E-state index is 3.43. The molecule has 1 nitrogen and oxygen atoms in total. The highest BCUT2D eigenvalue weighted by Crippen LogP contribution is 2.15. The first-order valence-corrected chi connectivity index (χ1v) is 3.95. The lowest BCUT2D eigenvalue weighted by Gasteiger charge is -2.20. The zero-order valence-corrected chi connectivity index (χ0v) is 9.50. The summed E-state index contributed by atoms with van der Waals surface area (Å²) in [6.45, 7) is 5.51. The minimum Gasteiger partial charge on any atom is -0.319 e. The summed E-state index contributed by atoms with van der Waals surface area (Å²) in [7, 11) is 1.98. The first-order chi connectivity index (χ1) is 3.62. The van der Waals surface area contributed by atoms with Gasteiger partial charge in [0.1, 0.15) is 0 Å². The normalized spacial score (nSPS) is 10.7. The number of alkyl halides is 1. The number of hydrogen-bond donors (Lipinski definition) is 1. The van der Waals surface area contributed by atoms with E-state index in [9.17, 15) is 0 Å². The molecule has 0 amide bonds. The smallest absolute Gasteiger partial charge is 0.00948 e. The van der Waals surface area contributed by atoms with Gasteiger partial charge in [0.05, 0.1) is 0 Å². The van der Waals surface area contributed by atoms with Crippen molar-refractivity contribution in [3.8, 4) is 0 Å². The number of nitrogens with one attached hydrogen (secondary N) is 1. The summed E-state index contributed by atoms with van der Waals surface area (Å²) in [5, 5.41) is 4.19. The molecule has 0 aliphatic rings. The van der Waals surface area contributed by atoms with Crippen LogP contribution in [0.25, 0.3) is 0 Å². The van der Waals surface area contributed by atoms with Crippen LogP contribution in [-0.4, -0.2) is 18.9 Å². The molecule has 0 unspecified atom stereocenters. The predicted octanol–water partition coefficient (Wildman–Crippen LogP) is 2.20. The summed E-state index contributed by atoms with van der Waals surface area (Å²) in [4.78, 5) is 0. The van der Waals surface area contributed by atoms with Crippen molar-refractivity contribution in [2.45, 2.75) is 13.8 Å². The average Bonchev–Trinajstić information content (AvgIpc) is 1.67. The quantitative estimate of drug-likeness (QED) is 0.768. The van der Waals surface area contributed by atoms with Crippen molar-refractivity contribution >= 4 is 32.9 Å². The lowest BCUT2D eigenvalue weighted by molar-refractivity contribution is 0.407. The van der Waals surface area contributed by atoms with Gasteiger partial charge in [-0.05, 0) is 12.5 Å². The molecule has 9 heavy (non-hydrogen) atoms. The molecule has 0 bridgehead atoms. The summed E-state index contributed by atoms with van der Waals surface area (Å²) >= 11 is 3.43. The standard InChI is InChI=1S/C6H14BrN.BrH/c1-6(2,4-7)5-8-3;/h8H,4-5H2,1-3H3;1H. The maximum Gasteiger partial charge on any atom is 0.00948 e. The molecule has 0 aromatic heterocycles. The lowest BCUT2D eigenvalue weighted by atomic mass is 9.97. The summed E-state index contributed by atoms with van der Waals surface area (Å²) in [5.74, 6) is 0. The molecule has 0 aromatic rings. The Hall–Kier alpha value is 0.920. The molecule has 0 aliphatic heterocycles. The molecule has 0 fully saturated rings. The molecular formula is C6H15Br2N. The van der Waals surface area contributed by atoms with Crippen molar-refractivity contribution in [2.75, 3.05) is 18.9 Å². The fourth-order valence-corrected chi connectivity index (χ4v) is 0.724. The number of hydrogen-bond acceptors (Lipinski definition) is 1. The molecule has 58 valence electrons. The molecule has 0 atom stereocenters. The summed E-state index contributed by atoms with van der Waals surface area (Å²) in [5.41, 5.74) is 0.398. The van der Waals surface area contributed by atoms with Crippen LogP contribution in [0.1, 0.15) is 13.8 Å². The van der Waals surface area contributed by atoms with Gasteiger partial charge in [0.2, 0.25) is 0 Å². The fraction of sp³-hybridized carbons (Fsp3) is 1.00. The van der Waals surface area contributed by atoms with E-state index in [4.69, 9.17) is 0 Å². The van der Waals surface area contributed by atoms with Gasteiger partial charge in [-0.15, -0.1) is 17.0 Å². The largest absolute Gasteiger partial charge is 0.319 e. The van der Waals surface area contributed by atoms with Gasteiger partial charge >= 0.3 is 0 Å². The van der Waals surface area contributed by atoms with Crippen molar-refractivity contribution in [1.29, 1.82) is 0 Å². The lowest BCUT2D eigenvalue weighted by Crippen LogP contribution is -2.27. The molecule has 1 N–H and O–H groups in total. The molecule has 0 radical (unpaired) electrons. The third-order valence-electron chi connectivity index (χ3n) is 1.02. The average molecular weight is 261 g/mol. The third kappa shape index (κ3) is 6.81. The van der Waals surface area contributed by atoms with Gasteiger partial charge in [0.15, 0.2) is 0 Å². The van der Waals surface area contributed by atoms with Gasteiger partial charge < -0.3 is 5.32 Å². The Bertz CT molecular complexity index is 64.1. The molecule has 3 heteroatoms. The van der Waals surface area contributed by atoms with E-state index in [1.807, 2.05) is 7.05 Å². The van der Waals surface area contributed by atoms with Crippen LogP contribution < -0.4 is 5.32 Å². The summed E-state index contributed by atoms with van der Waals surface area (Å²) < 4.78 is 0. The number of rotatable bonds is 3. The SMILES string of the molecule is Br.CNCC(C)(C)CBr. The van der Waals surface area contributed by atoms with Gasteiger partial charge in [-0.3, -0.25) is 0 Å². The molecule has 0 saturated carbocycles. The van der Waals surface area contributed by atoms with E-state index in [0.29, 0.717) is 5.41 Å². The van der Waals surface area contributed by atoms with Gasteiger partial charge in [-0.1, -0.05) is 29.8 Å². The van der Waals surface area contributed by atoms with E-state index in [-0.39, 0.29) is 17.0 Å². The Kier molecular flexibility index (Phi) is 7.95. The third-order valence-corrected chi connectivity index (χ3v) is 2.54. The molecular weight excluding hydrogens is 246 g/mol. The minimum absolute atomic E-state index is 0. The monoisotopic (exact) mass is 259 g/mol. The molecule has 0 spiro atoms. The molecule has 0 heterocycles. The van der Waals surface area contributed by atoms with Crippen LogP contribution in [0.2, 0.25) is 0 Å². The van der Waals surface area contributed by atoms with Crippen molar-refractivity contribution < 1.29 is 0 Å². The van der Waals surface area contributed by atoms with E-state index in [1.54, 1.807) is 0 Å². The molecule has 0 saturated heterocycles. The second kappa shape index (κ2) is 5.69. The number of halogens is 2. The predicted molar refractivity (Wildman–Crippen MR) is 51.8 cm³/mol. The van der Waals surface area contributed by atoms with Crippen molar-refractivity contribution in [3.63, 3.8) is 0 Å².